The fourth-order valence-corrected chi connectivity index (χ4v) is 4.20. The topological polar surface area (TPSA) is 61.0 Å². The predicted octanol–water partition coefficient (Wildman–Crippen LogP) is 4.69. The summed E-state index contributed by atoms with van der Waals surface area (Å²) in [5, 5.41) is 3.75. The van der Waals surface area contributed by atoms with E-state index in [1.54, 1.807) is 0 Å². The van der Waals surface area contributed by atoms with Crippen LogP contribution in [0.4, 0.5) is 0 Å². The average Bonchev–Trinajstić information content (AvgIpc) is 2.84. The number of nitrogens with zero attached hydrogens (tertiary/aromatic N) is 2. The molecule has 4 rings (SSSR count). The van der Waals surface area contributed by atoms with Crippen molar-refractivity contribution in [3.63, 3.8) is 0 Å². The predicted molar refractivity (Wildman–Crippen MR) is 135 cm³/mol. The Labute approximate surface area is 195 Å². The zero-order valence-electron chi connectivity index (χ0n) is 19.4. The van der Waals surface area contributed by atoms with Gasteiger partial charge in [0.05, 0.1) is 17.1 Å². The summed E-state index contributed by atoms with van der Waals surface area (Å²) in [4.78, 5) is 22.0. The van der Waals surface area contributed by atoms with E-state index in [4.69, 9.17) is 0 Å². The molecule has 0 bridgehead atoms. The number of aryl methyl sites for hydroxylation is 1. The van der Waals surface area contributed by atoms with Crippen LogP contribution in [-0.2, 0) is 13.0 Å². The van der Waals surface area contributed by atoms with Crippen LogP contribution in [0.5, 0.6) is 0 Å². The SMILES string of the molecule is CCc1nc2cc(C(NCCCN(C)Cc3ccccc3)c3ccccc3)ccc2[nH]c1=O. The quantitative estimate of drug-likeness (QED) is 0.351. The van der Waals surface area contributed by atoms with E-state index < -0.39 is 0 Å². The van der Waals surface area contributed by atoms with Crippen LogP contribution in [0, 0.1) is 0 Å². The number of hydrogen-bond donors (Lipinski definition) is 2. The third-order valence-electron chi connectivity index (χ3n) is 5.95. The zero-order chi connectivity index (χ0) is 23.0. The number of rotatable bonds is 10. The first-order valence-electron chi connectivity index (χ1n) is 11.7. The van der Waals surface area contributed by atoms with E-state index in [1.807, 2.05) is 19.1 Å². The van der Waals surface area contributed by atoms with Crippen molar-refractivity contribution in [2.24, 2.45) is 0 Å². The molecule has 0 amide bonds. The Morgan fingerprint density at radius 3 is 2.42 bits per heavy atom. The summed E-state index contributed by atoms with van der Waals surface area (Å²) in [7, 11) is 2.17. The molecule has 1 atom stereocenters. The first kappa shape index (κ1) is 22.9. The number of H-pyrrole nitrogens is 1. The average molecular weight is 441 g/mol. The number of nitrogens with one attached hydrogen (secondary N) is 2. The maximum absolute atomic E-state index is 12.1. The second-order valence-electron chi connectivity index (χ2n) is 8.52. The Morgan fingerprint density at radius 2 is 1.70 bits per heavy atom. The summed E-state index contributed by atoms with van der Waals surface area (Å²) in [6, 6.07) is 27.3. The van der Waals surface area contributed by atoms with Crippen LogP contribution in [0.1, 0.15) is 41.8 Å². The number of benzene rings is 3. The molecule has 0 saturated heterocycles. The summed E-state index contributed by atoms with van der Waals surface area (Å²) in [5.41, 5.74) is 5.77. The van der Waals surface area contributed by atoms with Gasteiger partial charge in [-0.25, -0.2) is 4.98 Å². The Morgan fingerprint density at radius 1 is 0.970 bits per heavy atom. The molecule has 33 heavy (non-hydrogen) atoms. The highest BCUT2D eigenvalue weighted by atomic mass is 16.1. The van der Waals surface area contributed by atoms with E-state index in [2.05, 4.69) is 94.0 Å². The van der Waals surface area contributed by atoms with E-state index in [0.29, 0.717) is 12.1 Å². The van der Waals surface area contributed by atoms with Crippen LogP contribution in [0.25, 0.3) is 11.0 Å². The molecule has 0 fully saturated rings. The van der Waals surface area contributed by atoms with Crippen LogP contribution in [-0.4, -0.2) is 35.0 Å². The number of hydrogen-bond acceptors (Lipinski definition) is 4. The molecule has 1 heterocycles. The van der Waals surface area contributed by atoms with Crippen molar-refractivity contribution < 1.29 is 0 Å². The maximum Gasteiger partial charge on any atom is 0.270 e. The Kier molecular flexibility index (Phi) is 7.66. The molecule has 0 aliphatic carbocycles. The van der Waals surface area contributed by atoms with Crippen LogP contribution in [0.2, 0.25) is 0 Å². The van der Waals surface area contributed by atoms with Gasteiger partial charge in [-0.1, -0.05) is 73.7 Å². The van der Waals surface area contributed by atoms with Crippen molar-refractivity contribution in [3.05, 3.63) is 112 Å². The number of fused-ring (bicyclic) bond motifs is 1. The van der Waals surface area contributed by atoms with E-state index in [9.17, 15) is 4.79 Å². The van der Waals surface area contributed by atoms with E-state index in [-0.39, 0.29) is 11.6 Å². The number of aromatic nitrogens is 2. The second-order valence-corrected chi connectivity index (χ2v) is 8.52. The Bertz CT molecular complexity index is 1220. The fourth-order valence-electron chi connectivity index (χ4n) is 4.20. The van der Waals surface area contributed by atoms with Crippen molar-refractivity contribution >= 4 is 11.0 Å². The van der Waals surface area contributed by atoms with Gasteiger partial charge in [0.2, 0.25) is 0 Å². The lowest BCUT2D eigenvalue weighted by atomic mass is 9.98. The minimum absolute atomic E-state index is 0.0637. The summed E-state index contributed by atoms with van der Waals surface area (Å²) in [5.74, 6) is 0. The summed E-state index contributed by atoms with van der Waals surface area (Å²) in [6.07, 6.45) is 1.66. The minimum Gasteiger partial charge on any atom is -0.319 e. The molecule has 1 unspecified atom stereocenters. The van der Waals surface area contributed by atoms with Gasteiger partial charge in [0, 0.05) is 6.54 Å². The highest BCUT2D eigenvalue weighted by Gasteiger charge is 2.15. The highest BCUT2D eigenvalue weighted by molar-refractivity contribution is 5.75. The number of aromatic amines is 1. The summed E-state index contributed by atoms with van der Waals surface area (Å²) < 4.78 is 0. The Balaban J connectivity index is 1.47. The Hall–Kier alpha value is -3.28. The lowest BCUT2D eigenvalue weighted by Crippen LogP contribution is -2.27. The smallest absolute Gasteiger partial charge is 0.270 e. The largest absolute Gasteiger partial charge is 0.319 e. The van der Waals surface area contributed by atoms with Crippen molar-refractivity contribution in [1.29, 1.82) is 0 Å². The lowest BCUT2D eigenvalue weighted by Gasteiger charge is -2.22. The van der Waals surface area contributed by atoms with Crippen LogP contribution < -0.4 is 10.9 Å². The van der Waals surface area contributed by atoms with Gasteiger partial charge in [-0.2, -0.15) is 0 Å². The third-order valence-corrected chi connectivity index (χ3v) is 5.95. The molecule has 0 aliphatic heterocycles. The molecule has 0 spiro atoms. The van der Waals surface area contributed by atoms with Gasteiger partial charge in [0.25, 0.3) is 5.56 Å². The van der Waals surface area contributed by atoms with E-state index in [0.717, 1.165) is 42.7 Å². The first-order valence-corrected chi connectivity index (χ1v) is 11.7. The molecule has 2 N–H and O–H groups in total. The maximum atomic E-state index is 12.1. The normalized spacial score (nSPS) is 12.3. The monoisotopic (exact) mass is 440 g/mol. The molecule has 5 heteroatoms. The van der Waals surface area contributed by atoms with Gasteiger partial charge in [-0.05, 0) is 61.8 Å². The van der Waals surface area contributed by atoms with Crippen LogP contribution in [0.15, 0.2) is 83.7 Å². The molecular weight excluding hydrogens is 408 g/mol. The van der Waals surface area contributed by atoms with Gasteiger partial charge < -0.3 is 15.2 Å². The molecule has 4 aromatic rings. The molecule has 170 valence electrons. The molecule has 0 aliphatic rings. The van der Waals surface area contributed by atoms with E-state index in [1.165, 1.54) is 11.1 Å². The van der Waals surface area contributed by atoms with Crippen molar-refractivity contribution in [1.82, 2.24) is 20.2 Å². The molecular formula is C28H32N4O. The van der Waals surface area contributed by atoms with Crippen LogP contribution >= 0.6 is 0 Å². The third kappa shape index (κ3) is 5.95. The van der Waals surface area contributed by atoms with Crippen molar-refractivity contribution in [3.8, 4) is 0 Å². The zero-order valence-corrected chi connectivity index (χ0v) is 19.4. The van der Waals surface area contributed by atoms with Crippen molar-refractivity contribution in [2.45, 2.75) is 32.4 Å². The van der Waals surface area contributed by atoms with Gasteiger partial charge in [-0.15, -0.1) is 0 Å². The lowest BCUT2D eigenvalue weighted by molar-refractivity contribution is 0.318. The second kappa shape index (κ2) is 11.0. The summed E-state index contributed by atoms with van der Waals surface area (Å²) in [6.45, 7) is 4.83. The fraction of sp³-hybridized carbons (Fsp3) is 0.286. The molecule has 1 aromatic heterocycles. The molecule has 0 radical (unpaired) electrons. The van der Waals surface area contributed by atoms with Crippen molar-refractivity contribution in [2.75, 3.05) is 20.1 Å². The summed E-state index contributed by atoms with van der Waals surface area (Å²) >= 11 is 0. The molecule has 0 saturated carbocycles. The standard InChI is InChI=1S/C28H32N4O/c1-3-24-28(33)31-25-16-15-23(19-26(25)30-24)27(22-13-8-5-9-14-22)29-17-10-18-32(2)20-21-11-6-4-7-12-21/h4-9,11-16,19,27,29H,3,10,17-18,20H2,1-2H3,(H,31,33). The van der Waals surface area contributed by atoms with Gasteiger partial charge in [0.15, 0.2) is 0 Å². The first-order chi connectivity index (χ1) is 16.1. The highest BCUT2D eigenvalue weighted by Crippen LogP contribution is 2.24. The van der Waals surface area contributed by atoms with Gasteiger partial charge in [0.1, 0.15) is 5.69 Å². The molecule has 3 aromatic carbocycles. The van der Waals surface area contributed by atoms with Gasteiger partial charge >= 0.3 is 0 Å². The van der Waals surface area contributed by atoms with Crippen LogP contribution in [0.3, 0.4) is 0 Å². The van der Waals surface area contributed by atoms with E-state index >= 15 is 0 Å². The minimum atomic E-state index is -0.102. The van der Waals surface area contributed by atoms with Gasteiger partial charge in [-0.3, -0.25) is 4.79 Å². The molecule has 5 nitrogen and oxygen atoms in total.